The minimum absolute atomic E-state index is 0. The number of ether oxygens (including phenoxy) is 9. The summed E-state index contributed by atoms with van der Waals surface area (Å²) in [5, 5.41) is 15.9. The lowest BCUT2D eigenvalue weighted by atomic mass is 10.1. The Kier molecular flexibility index (Phi) is 33.0. The lowest BCUT2D eigenvalue weighted by Crippen LogP contribution is -2.39. The van der Waals surface area contributed by atoms with Crippen LogP contribution in [0.3, 0.4) is 0 Å². The van der Waals surface area contributed by atoms with E-state index in [9.17, 15) is 75.0 Å². The van der Waals surface area contributed by atoms with E-state index in [2.05, 4.69) is 10.6 Å². The van der Waals surface area contributed by atoms with Crippen LogP contribution in [0.25, 0.3) is 0 Å². The van der Waals surface area contributed by atoms with Crippen LogP contribution in [0.1, 0.15) is 69.1 Å². The van der Waals surface area contributed by atoms with Gasteiger partial charge in [0.15, 0.2) is 0 Å². The zero-order chi connectivity index (χ0) is 94.2. The Morgan fingerprint density at radius 3 is 1.01 bits per heavy atom. The molecule has 7 N–H and O–H groups in total. The van der Waals surface area contributed by atoms with Gasteiger partial charge in [0.2, 0.25) is 5.91 Å². The number of halogens is 6. The average Bonchev–Trinajstić information content (AvgIpc) is 1.63. The molecule has 10 amide bonds. The van der Waals surface area contributed by atoms with Gasteiger partial charge >= 0.3 is 18.3 Å². The van der Waals surface area contributed by atoms with Crippen LogP contribution in [-0.4, -0.2) is 307 Å². The van der Waals surface area contributed by atoms with Crippen molar-refractivity contribution in [2.45, 2.75) is 37.4 Å². The molecule has 41 heteroatoms. The number of hydrogen-bond acceptors (Lipinski definition) is 28. The normalized spacial score (nSPS) is 20.1. The van der Waals surface area contributed by atoms with Gasteiger partial charge in [-0.3, -0.25) is 63.0 Å². The molecule has 0 spiro atoms. The first kappa shape index (κ1) is 98.1. The molecule has 8 aromatic carbocycles. The molecule has 716 valence electrons. The summed E-state index contributed by atoms with van der Waals surface area (Å²) in [6.45, 7) is 16.0. The summed E-state index contributed by atoms with van der Waals surface area (Å²) in [7, 11) is 0. The van der Waals surface area contributed by atoms with Crippen molar-refractivity contribution in [2.24, 2.45) is 5.73 Å². The van der Waals surface area contributed by atoms with E-state index in [1.54, 1.807) is 133 Å². The molecule has 0 aromatic heterocycles. The summed E-state index contributed by atoms with van der Waals surface area (Å²) in [5.41, 5.74) is 18.2. The summed E-state index contributed by atoms with van der Waals surface area (Å²) < 4.78 is 118. The summed E-state index contributed by atoms with van der Waals surface area (Å²) in [6.07, 6.45) is -4.07. The van der Waals surface area contributed by atoms with Crippen molar-refractivity contribution in [1.82, 2.24) is 20.0 Å². The summed E-state index contributed by atoms with van der Waals surface area (Å²) in [6, 6.07) is 43.8. The van der Waals surface area contributed by atoms with Gasteiger partial charge in [-0.1, -0.05) is 36.4 Å². The fourth-order valence-electron chi connectivity index (χ4n) is 16.5. The van der Waals surface area contributed by atoms with Gasteiger partial charge in [0.25, 0.3) is 35.4 Å². The van der Waals surface area contributed by atoms with Crippen molar-refractivity contribution in [3.63, 3.8) is 0 Å². The number of carbonyl (C=O) groups is 10. The number of aliphatic hydroxyl groups excluding tert-OH is 1. The number of epoxide rings is 1. The second-order valence-corrected chi connectivity index (χ2v) is 32.6. The van der Waals surface area contributed by atoms with Gasteiger partial charge in [-0.05, 0) is 127 Å². The first-order valence-corrected chi connectivity index (χ1v) is 44.0. The van der Waals surface area contributed by atoms with Crippen molar-refractivity contribution in [1.29, 1.82) is 0 Å². The predicted molar refractivity (Wildman–Crippen MR) is 497 cm³/mol. The highest BCUT2D eigenvalue weighted by molar-refractivity contribution is 14.0. The van der Waals surface area contributed by atoms with E-state index < -0.39 is 66.0 Å². The number of rotatable bonds is 20. The van der Waals surface area contributed by atoms with Crippen LogP contribution >= 0.6 is 24.0 Å². The number of nitrogens with one attached hydrogen (secondary N) is 2. The number of aliphatic hydroxyl groups is 1. The number of cyclic esters (lactones) is 3. The largest absolute Gasteiger partial charge is 0.443 e. The van der Waals surface area contributed by atoms with E-state index in [0.29, 0.717) is 228 Å². The maximum atomic E-state index is 14.7. The lowest BCUT2D eigenvalue weighted by molar-refractivity contribution is -0.119. The Morgan fingerprint density at radius 1 is 0.400 bits per heavy atom. The van der Waals surface area contributed by atoms with Crippen molar-refractivity contribution in [2.75, 3.05) is 247 Å². The molecular formula is C94H103F5IN15O20. The molecule has 0 saturated carbocycles. The topological polar surface area (TPSA) is 389 Å². The van der Waals surface area contributed by atoms with Crippen LogP contribution < -0.4 is 61.3 Å². The molecule has 0 radical (unpaired) electrons. The van der Waals surface area contributed by atoms with E-state index in [4.69, 9.17) is 54.1 Å². The van der Waals surface area contributed by atoms with Gasteiger partial charge in [0.05, 0.1) is 210 Å². The van der Waals surface area contributed by atoms with Crippen LogP contribution in [0.5, 0.6) is 0 Å². The van der Waals surface area contributed by atoms with E-state index in [0.717, 1.165) is 22.9 Å². The van der Waals surface area contributed by atoms with Gasteiger partial charge in [0.1, 0.15) is 47.4 Å². The summed E-state index contributed by atoms with van der Waals surface area (Å²) in [4.78, 5) is 138. The highest BCUT2D eigenvalue weighted by Crippen LogP contribution is 2.36. The van der Waals surface area contributed by atoms with Crippen molar-refractivity contribution >= 4 is 140 Å². The minimum Gasteiger partial charge on any atom is -0.443 e. The van der Waals surface area contributed by atoms with Crippen LogP contribution in [0.2, 0.25) is 0 Å². The number of morpholine rings is 5. The molecule has 135 heavy (non-hydrogen) atoms. The van der Waals surface area contributed by atoms with Crippen molar-refractivity contribution in [3.8, 4) is 0 Å². The number of nitrogens with zero attached hydrogens (tertiary/aromatic N) is 11. The first-order valence-electron chi connectivity index (χ1n) is 44.0. The third-order valence-electron chi connectivity index (χ3n) is 23.6. The number of nitrogen functional groups attached to an aromatic ring is 1. The van der Waals surface area contributed by atoms with Gasteiger partial charge in [-0.15, -0.1) is 24.0 Å². The molecule has 0 aliphatic carbocycles. The highest BCUT2D eigenvalue weighted by Gasteiger charge is 2.44. The molecule has 12 aliphatic heterocycles. The summed E-state index contributed by atoms with van der Waals surface area (Å²) in [5.74, 6) is -4.01. The highest BCUT2D eigenvalue weighted by atomic mass is 127. The molecule has 0 unspecified atom stereocenters. The molecule has 0 bridgehead atoms. The van der Waals surface area contributed by atoms with Gasteiger partial charge in [-0.2, -0.15) is 0 Å². The third-order valence-corrected chi connectivity index (χ3v) is 23.6. The molecule has 9 saturated heterocycles. The van der Waals surface area contributed by atoms with E-state index in [1.165, 1.54) is 56.9 Å². The fourth-order valence-corrected chi connectivity index (χ4v) is 16.5. The van der Waals surface area contributed by atoms with Crippen molar-refractivity contribution < 1.29 is 118 Å². The van der Waals surface area contributed by atoms with Crippen LogP contribution in [0.15, 0.2) is 164 Å². The quantitative estimate of drug-likeness (QED) is 0.0119. The van der Waals surface area contributed by atoms with Crippen LogP contribution in [0, 0.1) is 29.1 Å². The molecular weight excluding hydrogens is 1880 g/mol. The van der Waals surface area contributed by atoms with Gasteiger partial charge in [-0.25, -0.2) is 36.3 Å². The first-order chi connectivity index (χ1) is 64.8. The van der Waals surface area contributed by atoms with E-state index >= 15 is 0 Å². The second kappa shape index (κ2) is 45.4. The number of β-amino-alcohol motifs (C(OH)–C–C–N with tert-alkyl or cyclic N) is 1. The maximum absolute atomic E-state index is 14.7. The van der Waals surface area contributed by atoms with Gasteiger partial charge < -0.3 is 94.3 Å². The number of amides is 10. The molecule has 12 heterocycles. The number of hydrogen-bond donors (Lipinski definition) is 5. The zero-order valence-electron chi connectivity index (χ0n) is 73.8. The number of carbonyl (C=O) groups excluding carboxylic acids is 10. The Hall–Kier alpha value is -12.9. The standard InChI is InChI=1S/C22H20FN3O5.C21H22FN3O4.C16H20FN3O4.C14H18FN3O3.C11H9NO3.C10H13FN2O.HI/c23-18-11-14(5-6-19(18)24-7-9-30-10-8-24)25-12-15(31-22(25)29)13-26-20(27)16-3-1-2-4-17(16)21(26)28;22-18-11-14(5-6-19(18)24-7-9-29-10-8-24)23-12-15(26)13-25-20(27)16-3-1-2-4-17(16)21(25)28;1-11(21)18-9-13-10-20(16(22)24-13)12-2-3-15(14(17)8-12)19-4-6-23-7-5-19;15-12-7-10(18-9-11(8-16)21-14(18)19)1-2-13(12)17-3-5-20-6-4-17;13-10-8-3-1-2-4-9(8)11(14)12(10)5-7-6-15-7;11-9-7-8(12)1-2-10(9)13-3-5-14-6-4-13;/h1-6,11,15H,7-10,12-13H2;1-6,11,15,23,26H,7-10,12-13H2;2-3,8,13H,4-7,9-10H2,1H3,(H,18,21);1-2,7,11H,3-6,8-9,16H2;1-4,7H,5-6H2;1-2,7H,3-6,12H2;1H/t2*15-;13-;11-;7-;;/m11000../s1. The third kappa shape index (κ3) is 23.9. The monoisotopic (exact) mass is 1980 g/mol. The SMILES string of the molecule is CC(=O)NC[C@H]1CN(c2ccc(N3CCOCC3)c(F)c2)C(=O)O1.I.NC[C@H]1CN(c2ccc(N3CCOCC3)c(F)c2)C(=O)O1.Nc1ccc(N2CCOCC2)c(F)c1.O=C1c2ccccc2C(=O)N1C[C@H](O)CNc1ccc(N2CCOCC2)c(F)c1.O=C1c2ccccc2C(=O)N1C[C@H]1CN(c2ccc(N3CCOCC3)c(F)c2)C(=O)O1.O=C1c2ccccc2C(=O)N1C[C@H]1CO1. The molecule has 5 atom stereocenters. The summed E-state index contributed by atoms with van der Waals surface area (Å²) >= 11 is 0. The zero-order valence-corrected chi connectivity index (χ0v) is 76.1. The van der Waals surface area contributed by atoms with Gasteiger partial charge in [0, 0.05) is 96.8 Å². The fraction of sp³-hybridized carbons (Fsp3) is 0.383. The van der Waals surface area contributed by atoms with Crippen LogP contribution in [0.4, 0.5) is 93.2 Å². The smallest absolute Gasteiger partial charge is 0.414 e. The van der Waals surface area contributed by atoms with Crippen LogP contribution in [-0.2, 0) is 47.4 Å². The number of anilines is 10. The molecule has 20 rings (SSSR count). The second-order valence-electron chi connectivity index (χ2n) is 32.6. The Labute approximate surface area is 790 Å². The molecule has 12 aliphatic rings. The average molecular weight is 1980 g/mol. The van der Waals surface area contributed by atoms with E-state index in [1.807, 2.05) is 24.5 Å². The van der Waals surface area contributed by atoms with E-state index in [-0.39, 0.29) is 123 Å². The molecule has 35 nitrogen and oxygen atoms in total. The number of nitrogens with two attached hydrogens (primary N) is 2. The number of fused-ring (bicyclic) bond motifs is 3. The Bertz CT molecular complexity index is 5540. The lowest BCUT2D eigenvalue weighted by Gasteiger charge is -2.29. The number of benzene rings is 8. The Morgan fingerprint density at radius 2 is 0.696 bits per heavy atom. The maximum Gasteiger partial charge on any atom is 0.414 e. The van der Waals surface area contributed by atoms with Crippen molar-refractivity contribution in [3.05, 3.63) is 226 Å². The number of imide groups is 3. The molecule has 9 fully saturated rings. The Balaban J connectivity index is 0.000000132. The molecule has 8 aromatic rings. The predicted octanol–water partition coefficient (Wildman–Crippen LogP) is 8.63. The minimum atomic E-state index is -0.987.